The summed E-state index contributed by atoms with van der Waals surface area (Å²) in [5.74, 6) is 0. The van der Waals surface area contributed by atoms with Crippen LogP contribution in [0.3, 0.4) is 0 Å². The fraction of sp³-hybridized carbons (Fsp3) is 0.200. The molecule has 3 aromatic rings. The van der Waals surface area contributed by atoms with Crippen LogP contribution in [0, 0.1) is 0 Å². The van der Waals surface area contributed by atoms with E-state index >= 15 is 0 Å². The molecule has 0 bridgehead atoms. The van der Waals surface area contributed by atoms with Gasteiger partial charge in [-0.15, -0.1) is 0 Å². The molecular weight excluding hydrogens is 360 g/mol. The molecule has 0 aromatic heterocycles. The number of hydrogen-bond acceptors (Lipinski definition) is 4. The van der Waals surface area contributed by atoms with Gasteiger partial charge in [0.2, 0.25) is 0 Å². The SMILES string of the molecule is C/C(CC/C(=N/OCc1ccccc1)c1ccccc1)=N\OCc1ccccc1. The molecule has 0 aliphatic heterocycles. The first kappa shape index (κ1) is 20.3. The molecule has 0 saturated heterocycles. The van der Waals surface area contributed by atoms with Crippen molar-refractivity contribution in [3.63, 3.8) is 0 Å². The molecule has 0 aliphatic rings. The van der Waals surface area contributed by atoms with Crippen molar-refractivity contribution in [1.82, 2.24) is 0 Å². The van der Waals surface area contributed by atoms with Crippen molar-refractivity contribution in [3.8, 4) is 0 Å². The van der Waals surface area contributed by atoms with Crippen LogP contribution in [-0.4, -0.2) is 11.4 Å². The van der Waals surface area contributed by atoms with Crippen LogP contribution in [0.25, 0.3) is 0 Å². The Hall–Kier alpha value is -3.40. The van der Waals surface area contributed by atoms with Gasteiger partial charge in [-0.3, -0.25) is 0 Å². The molecule has 0 amide bonds. The van der Waals surface area contributed by atoms with E-state index in [-0.39, 0.29) is 0 Å². The molecule has 0 atom stereocenters. The van der Waals surface area contributed by atoms with Gasteiger partial charge in [-0.25, -0.2) is 0 Å². The third-order valence-electron chi connectivity index (χ3n) is 4.37. The zero-order valence-corrected chi connectivity index (χ0v) is 16.7. The lowest BCUT2D eigenvalue weighted by atomic mass is 10.0. The third kappa shape index (κ3) is 7.26. The summed E-state index contributed by atoms with van der Waals surface area (Å²) in [5, 5.41) is 8.64. The first-order valence-corrected chi connectivity index (χ1v) is 9.79. The van der Waals surface area contributed by atoms with Crippen LogP contribution < -0.4 is 0 Å². The standard InChI is InChI=1S/C25H26N2O2/c1-21(26-28-19-22-11-5-2-6-12-22)17-18-25(24-15-9-4-10-16-24)27-29-20-23-13-7-3-8-14-23/h2-16H,17-20H2,1H3/b26-21+,27-25-. The average Bonchev–Trinajstić information content (AvgIpc) is 2.78. The largest absolute Gasteiger partial charge is 0.391 e. The smallest absolute Gasteiger partial charge is 0.142 e. The highest BCUT2D eigenvalue weighted by atomic mass is 16.6. The third-order valence-corrected chi connectivity index (χ3v) is 4.37. The Morgan fingerprint density at radius 1 is 0.621 bits per heavy atom. The lowest BCUT2D eigenvalue weighted by Crippen LogP contribution is -2.06. The molecule has 3 aromatic carbocycles. The highest BCUT2D eigenvalue weighted by molar-refractivity contribution is 6.02. The zero-order chi connectivity index (χ0) is 20.2. The maximum Gasteiger partial charge on any atom is 0.142 e. The molecular formula is C25H26N2O2. The Kier molecular flexibility index (Phi) is 8.03. The van der Waals surface area contributed by atoms with Crippen LogP contribution in [-0.2, 0) is 22.9 Å². The number of hydrogen-bond donors (Lipinski definition) is 0. The fourth-order valence-corrected chi connectivity index (χ4v) is 2.77. The second kappa shape index (κ2) is 11.4. The monoisotopic (exact) mass is 386 g/mol. The molecule has 4 nitrogen and oxygen atoms in total. The van der Waals surface area contributed by atoms with Gasteiger partial charge in [0.25, 0.3) is 0 Å². The topological polar surface area (TPSA) is 43.2 Å². The van der Waals surface area contributed by atoms with Crippen LogP contribution in [0.1, 0.15) is 36.5 Å². The number of oxime groups is 2. The molecule has 4 heteroatoms. The maximum absolute atomic E-state index is 5.62. The molecule has 29 heavy (non-hydrogen) atoms. The van der Waals surface area contributed by atoms with Gasteiger partial charge >= 0.3 is 0 Å². The van der Waals surface area contributed by atoms with E-state index in [0.717, 1.165) is 41.0 Å². The number of nitrogens with zero attached hydrogens (tertiary/aromatic N) is 2. The molecule has 0 heterocycles. The highest BCUT2D eigenvalue weighted by Crippen LogP contribution is 2.10. The van der Waals surface area contributed by atoms with E-state index in [0.29, 0.717) is 13.2 Å². The minimum absolute atomic E-state index is 0.449. The summed E-state index contributed by atoms with van der Waals surface area (Å²) in [5.41, 5.74) is 5.07. The lowest BCUT2D eigenvalue weighted by molar-refractivity contribution is 0.129. The average molecular weight is 386 g/mol. The van der Waals surface area contributed by atoms with Crippen molar-refractivity contribution >= 4 is 11.4 Å². The van der Waals surface area contributed by atoms with Gasteiger partial charge in [-0.2, -0.15) is 0 Å². The van der Waals surface area contributed by atoms with Crippen LogP contribution in [0.5, 0.6) is 0 Å². The Balaban J connectivity index is 1.56. The van der Waals surface area contributed by atoms with E-state index in [4.69, 9.17) is 9.68 Å². The second-order valence-corrected chi connectivity index (χ2v) is 6.75. The summed E-state index contributed by atoms with van der Waals surface area (Å²) >= 11 is 0. The number of rotatable bonds is 10. The van der Waals surface area contributed by atoms with Gasteiger partial charge in [0, 0.05) is 0 Å². The first-order valence-electron chi connectivity index (χ1n) is 9.79. The minimum Gasteiger partial charge on any atom is -0.391 e. The van der Waals surface area contributed by atoms with E-state index in [1.54, 1.807) is 0 Å². The highest BCUT2D eigenvalue weighted by Gasteiger charge is 2.06. The summed E-state index contributed by atoms with van der Waals surface area (Å²) in [7, 11) is 0. The molecule has 148 valence electrons. The van der Waals surface area contributed by atoms with Gasteiger partial charge < -0.3 is 9.68 Å². The summed E-state index contributed by atoms with van der Waals surface area (Å²) in [6, 6.07) is 30.2. The summed E-state index contributed by atoms with van der Waals surface area (Å²) in [6.07, 6.45) is 1.47. The fourth-order valence-electron chi connectivity index (χ4n) is 2.77. The Morgan fingerprint density at radius 3 is 1.66 bits per heavy atom. The predicted octanol–water partition coefficient (Wildman–Crippen LogP) is 5.98. The van der Waals surface area contributed by atoms with Crippen LogP contribution in [0.15, 0.2) is 101 Å². The molecule has 0 aliphatic carbocycles. The van der Waals surface area contributed by atoms with Gasteiger partial charge in [0.05, 0.1) is 11.4 Å². The van der Waals surface area contributed by atoms with Crippen LogP contribution in [0.4, 0.5) is 0 Å². The van der Waals surface area contributed by atoms with Gasteiger partial charge in [0.1, 0.15) is 13.2 Å². The second-order valence-electron chi connectivity index (χ2n) is 6.75. The first-order chi connectivity index (χ1) is 14.3. The summed E-state index contributed by atoms with van der Waals surface area (Å²) in [6.45, 7) is 2.89. The Labute approximate surface area is 172 Å². The van der Waals surface area contributed by atoms with Crippen molar-refractivity contribution in [3.05, 3.63) is 108 Å². The summed E-state index contributed by atoms with van der Waals surface area (Å²) in [4.78, 5) is 11.1. The molecule has 0 saturated carbocycles. The van der Waals surface area contributed by atoms with Crippen LogP contribution in [0.2, 0.25) is 0 Å². The lowest BCUT2D eigenvalue weighted by Gasteiger charge is -2.08. The molecule has 0 spiro atoms. The molecule has 0 unspecified atom stereocenters. The van der Waals surface area contributed by atoms with Gasteiger partial charge in [0.15, 0.2) is 0 Å². The van der Waals surface area contributed by atoms with Crippen LogP contribution >= 0.6 is 0 Å². The van der Waals surface area contributed by atoms with Crippen molar-refractivity contribution in [1.29, 1.82) is 0 Å². The number of benzene rings is 3. The molecule has 0 N–H and O–H groups in total. The summed E-state index contributed by atoms with van der Waals surface area (Å²) < 4.78 is 0. The normalized spacial score (nSPS) is 11.9. The maximum atomic E-state index is 5.62. The molecule has 0 radical (unpaired) electrons. The van der Waals surface area contributed by atoms with E-state index < -0.39 is 0 Å². The van der Waals surface area contributed by atoms with Crippen molar-refractivity contribution in [2.45, 2.75) is 33.0 Å². The molecule has 3 rings (SSSR count). The van der Waals surface area contributed by atoms with Gasteiger partial charge in [-0.05, 0) is 36.5 Å². The Morgan fingerprint density at radius 2 is 1.10 bits per heavy atom. The van der Waals surface area contributed by atoms with E-state index in [1.807, 2.05) is 97.9 Å². The van der Waals surface area contributed by atoms with Gasteiger partial charge in [-0.1, -0.05) is 101 Å². The molecule has 0 fully saturated rings. The quantitative estimate of drug-likeness (QED) is 0.318. The van der Waals surface area contributed by atoms with Crippen molar-refractivity contribution in [2.75, 3.05) is 0 Å². The van der Waals surface area contributed by atoms with E-state index in [9.17, 15) is 0 Å². The predicted molar refractivity (Wildman–Crippen MR) is 118 cm³/mol. The van der Waals surface area contributed by atoms with Crippen molar-refractivity contribution in [2.24, 2.45) is 10.3 Å². The van der Waals surface area contributed by atoms with E-state index in [1.165, 1.54) is 0 Å². The van der Waals surface area contributed by atoms with E-state index in [2.05, 4.69) is 10.3 Å². The van der Waals surface area contributed by atoms with Crippen molar-refractivity contribution < 1.29 is 9.68 Å². The minimum atomic E-state index is 0.449. The Bertz CT molecular complexity index is 907. The zero-order valence-electron chi connectivity index (χ0n) is 16.7.